The number of benzene rings is 1. The van der Waals surface area contributed by atoms with E-state index >= 15 is 0 Å². The average Bonchev–Trinajstić information content (AvgIpc) is 2.09. The first-order valence-electron chi connectivity index (χ1n) is 3.60. The van der Waals surface area contributed by atoms with Gasteiger partial charge in [0.15, 0.2) is 5.82 Å². The molecule has 72 valence electrons. The minimum atomic E-state index is -1.10. The smallest absolute Gasteiger partial charge is 0.150 e. The molecule has 0 aliphatic rings. The molecule has 0 bridgehead atoms. The Balaban J connectivity index is 3.26. The predicted octanol–water partition coefficient (Wildman–Crippen LogP) is 2.26. The summed E-state index contributed by atoms with van der Waals surface area (Å²) in [5.74, 6) is -3.12. The van der Waals surface area contributed by atoms with Crippen LogP contribution in [0.3, 0.4) is 0 Å². The molecule has 0 aliphatic carbocycles. The van der Waals surface area contributed by atoms with Crippen LogP contribution in [0.2, 0.25) is 5.02 Å². The summed E-state index contributed by atoms with van der Waals surface area (Å²) >= 11 is 5.23. The lowest BCUT2D eigenvalue weighted by Gasteiger charge is -2.05. The molecule has 5 heteroatoms. The molecule has 2 N–H and O–H groups in total. The fraction of sp³-hybridized carbons (Fsp3) is 0.250. The monoisotopic (exact) mass is 209 g/mol. The van der Waals surface area contributed by atoms with Gasteiger partial charge in [0.25, 0.3) is 0 Å². The molecule has 0 saturated heterocycles. The van der Waals surface area contributed by atoms with E-state index in [0.717, 1.165) is 0 Å². The van der Waals surface area contributed by atoms with Gasteiger partial charge in [-0.15, -0.1) is 0 Å². The van der Waals surface area contributed by atoms with Gasteiger partial charge in [-0.25, -0.2) is 13.2 Å². The van der Waals surface area contributed by atoms with Crippen molar-refractivity contribution >= 4 is 11.6 Å². The summed E-state index contributed by atoms with van der Waals surface area (Å²) in [4.78, 5) is 0. The fourth-order valence-corrected chi connectivity index (χ4v) is 1.15. The average molecular weight is 210 g/mol. The highest BCUT2D eigenvalue weighted by molar-refractivity contribution is 6.30. The van der Waals surface area contributed by atoms with E-state index in [1.165, 1.54) is 0 Å². The number of hydrogen-bond donors (Lipinski definition) is 1. The lowest BCUT2D eigenvalue weighted by atomic mass is 10.1. The number of rotatable bonds is 2. The predicted molar refractivity (Wildman–Crippen MR) is 44.1 cm³/mol. The van der Waals surface area contributed by atoms with Crippen molar-refractivity contribution in [3.05, 3.63) is 34.1 Å². The van der Waals surface area contributed by atoms with E-state index in [2.05, 4.69) is 0 Å². The number of hydrogen-bond acceptors (Lipinski definition) is 1. The van der Waals surface area contributed by atoms with Crippen LogP contribution in [0.4, 0.5) is 13.2 Å². The summed E-state index contributed by atoms with van der Waals surface area (Å²) in [6.07, 6.45) is -0.00231. The van der Waals surface area contributed by atoms with Gasteiger partial charge in [-0.2, -0.15) is 0 Å². The van der Waals surface area contributed by atoms with Crippen molar-refractivity contribution in [2.24, 2.45) is 5.73 Å². The zero-order valence-electron chi connectivity index (χ0n) is 6.58. The molecule has 0 aromatic heterocycles. The van der Waals surface area contributed by atoms with Crippen molar-refractivity contribution in [1.29, 1.82) is 0 Å². The van der Waals surface area contributed by atoms with Gasteiger partial charge in [0.05, 0.1) is 0 Å². The normalized spacial score (nSPS) is 10.5. The zero-order valence-corrected chi connectivity index (χ0v) is 7.34. The minimum absolute atomic E-state index is 0.00231. The van der Waals surface area contributed by atoms with Gasteiger partial charge in [0, 0.05) is 11.6 Å². The summed E-state index contributed by atoms with van der Waals surface area (Å²) < 4.78 is 38.5. The van der Waals surface area contributed by atoms with E-state index in [4.69, 9.17) is 17.3 Å². The van der Waals surface area contributed by atoms with E-state index < -0.39 is 22.5 Å². The third-order valence-electron chi connectivity index (χ3n) is 1.60. The molecule has 0 saturated carbocycles. The Kier molecular flexibility index (Phi) is 3.17. The zero-order chi connectivity index (χ0) is 10.0. The maximum atomic E-state index is 13.0. The molecule has 0 aliphatic heterocycles. The van der Waals surface area contributed by atoms with Crippen LogP contribution in [0.1, 0.15) is 5.56 Å². The van der Waals surface area contributed by atoms with Crippen molar-refractivity contribution in [2.75, 3.05) is 6.54 Å². The van der Waals surface area contributed by atoms with Gasteiger partial charge >= 0.3 is 0 Å². The molecule has 0 heterocycles. The summed E-state index contributed by atoms with van der Waals surface area (Å²) in [6.45, 7) is 0.0792. The van der Waals surface area contributed by atoms with Crippen molar-refractivity contribution in [1.82, 2.24) is 0 Å². The summed E-state index contributed by atoms with van der Waals surface area (Å²) in [6, 6.07) is 0.552. The highest BCUT2D eigenvalue weighted by Gasteiger charge is 2.16. The Labute approximate surface area is 78.3 Å². The third-order valence-corrected chi connectivity index (χ3v) is 1.95. The van der Waals surface area contributed by atoms with Crippen molar-refractivity contribution in [3.8, 4) is 0 Å². The summed E-state index contributed by atoms with van der Waals surface area (Å²) in [7, 11) is 0. The summed E-state index contributed by atoms with van der Waals surface area (Å²) in [5.41, 5.74) is 4.85. The molecule has 0 atom stereocenters. The van der Waals surface area contributed by atoms with Gasteiger partial charge < -0.3 is 5.73 Å². The van der Waals surface area contributed by atoms with Gasteiger partial charge in [-0.3, -0.25) is 0 Å². The molecule has 0 amide bonds. The van der Waals surface area contributed by atoms with Crippen molar-refractivity contribution in [2.45, 2.75) is 6.42 Å². The van der Waals surface area contributed by atoms with Crippen LogP contribution in [0.5, 0.6) is 0 Å². The Morgan fingerprint density at radius 2 is 1.85 bits per heavy atom. The van der Waals surface area contributed by atoms with Crippen LogP contribution in [0, 0.1) is 17.5 Å². The molecular weight excluding hydrogens is 203 g/mol. The first kappa shape index (κ1) is 10.3. The maximum absolute atomic E-state index is 13.0. The minimum Gasteiger partial charge on any atom is -0.330 e. The molecule has 1 aromatic rings. The third kappa shape index (κ3) is 1.95. The number of nitrogens with two attached hydrogens (primary N) is 1. The van der Waals surface area contributed by atoms with Crippen LogP contribution in [0.15, 0.2) is 6.07 Å². The van der Waals surface area contributed by atoms with E-state index in [-0.39, 0.29) is 18.5 Å². The quantitative estimate of drug-likeness (QED) is 0.587. The molecule has 1 rings (SSSR count). The van der Waals surface area contributed by atoms with E-state index in [1.54, 1.807) is 0 Å². The van der Waals surface area contributed by atoms with Crippen LogP contribution in [-0.2, 0) is 6.42 Å². The SMILES string of the molecule is NCCc1c(F)cc(F)c(Cl)c1F. The Morgan fingerprint density at radius 1 is 1.23 bits per heavy atom. The second kappa shape index (κ2) is 3.98. The Morgan fingerprint density at radius 3 is 2.38 bits per heavy atom. The fourth-order valence-electron chi connectivity index (χ4n) is 0.977. The van der Waals surface area contributed by atoms with Crippen LogP contribution < -0.4 is 5.73 Å². The lowest BCUT2D eigenvalue weighted by molar-refractivity contribution is 0.524. The van der Waals surface area contributed by atoms with Gasteiger partial charge in [-0.1, -0.05) is 11.6 Å². The van der Waals surface area contributed by atoms with Crippen molar-refractivity contribution in [3.63, 3.8) is 0 Å². The molecule has 0 spiro atoms. The lowest BCUT2D eigenvalue weighted by Crippen LogP contribution is -2.07. The van der Waals surface area contributed by atoms with E-state index in [9.17, 15) is 13.2 Å². The molecule has 0 unspecified atom stereocenters. The largest absolute Gasteiger partial charge is 0.330 e. The summed E-state index contributed by atoms with van der Waals surface area (Å²) in [5, 5.41) is -0.690. The molecule has 0 fully saturated rings. The molecule has 13 heavy (non-hydrogen) atoms. The first-order chi connectivity index (χ1) is 6.07. The maximum Gasteiger partial charge on any atom is 0.150 e. The Bertz CT molecular complexity index is 328. The molecule has 1 nitrogen and oxygen atoms in total. The molecule has 1 aromatic carbocycles. The highest BCUT2D eigenvalue weighted by atomic mass is 35.5. The number of halogens is 4. The Hall–Kier alpha value is -0.740. The van der Waals surface area contributed by atoms with Crippen LogP contribution >= 0.6 is 11.6 Å². The highest BCUT2D eigenvalue weighted by Crippen LogP contribution is 2.24. The second-order valence-electron chi connectivity index (χ2n) is 2.49. The van der Waals surface area contributed by atoms with E-state index in [0.29, 0.717) is 6.07 Å². The standard InChI is InChI=1S/C8H7ClF3N/c9-7-6(11)3-5(10)4(1-2-13)8(7)12/h3H,1-2,13H2. The van der Waals surface area contributed by atoms with Gasteiger partial charge in [-0.05, 0) is 13.0 Å². The van der Waals surface area contributed by atoms with Gasteiger partial charge in [0.2, 0.25) is 0 Å². The second-order valence-corrected chi connectivity index (χ2v) is 2.86. The first-order valence-corrected chi connectivity index (χ1v) is 3.97. The van der Waals surface area contributed by atoms with Gasteiger partial charge in [0.1, 0.15) is 16.7 Å². The van der Waals surface area contributed by atoms with Crippen molar-refractivity contribution < 1.29 is 13.2 Å². The van der Waals surface area contributed by atoms with Crippen LogP contribution in [0.25, 0.3) is 0 Å². The van der Waals surface area contributed by atoms with E-state index in [1.807, 2.05) is 0 Å². The van der Waals surface area contributed by atoms with Crippen LogP contribution in [-0.4, -0.2) is 6.54 Å². The topological polar surface area (TPSA) is 26.0 Å². The molecular formula is C8H7ClF3N. The molecule has 0 radical (unpaired) electrons.